The van der Waals surface area contributed by atoms with Crippen molar-refractivity contribution in [3.05, 3.63) is 47.7 Å². The number of hydrogen-bond acceptors (Lipinski definition) is 4. The molecule has 0 atom stereocenters. The van der Waals surface area contributed by atoms with Gasteiger partial charge in [0, 0.05) is 6.07 Å². The molecule has 0 amide bonds. The standard InChI is InChI=1S/C15H13NO3S/c1-18-12-8-7-10(9-13(12)19-2)15-16(17)11-5-3-4-6-14(11)20-15/h3-9H,1-2H3. The first-order valence-corrected chi connectivity index (χ1v) is 6.89. The molecule has 20 heavy (non-hydrogen) atoms. The average Bonchev–Trinajstić information content (AvgIpc) is 2.84. The molecule has 0 saturated carbocycles. The van der Waals surface area contributed by atoms with Crippen LogP contribution in [-0.4, -0.2) is 14.2 Å². The van der Waals surface area contributed by atoms with Gasteiger partial charge in [-0.3, -0.25) is 0 Å². The first-order valence-electron chi connectivity index (χ1n) is 6.08. The third kappa shape index (κ3) is 1.96. The van der Waals surface area contributed by atoms with E-state index in [2.05, 4.69) is 0 Å². The molecule has 0 spiro atoms. The van der Waals surface area contributed by atoms with Crippen LogP contribution >= 0.6 is 11.3 Å². The van der Waals surface area contributed by atoms with Crippen LogP contribution in [0.2, 0.25) is 0 Å². The molecule has 0 aliphatic carbocycles. The van der Waals surface area contributed by atoms with Crippen LogP contribution in [0, 0.1) is 5.21 Å². The van der Waals surface area contributed by atoms with Crippen molar-refractivity contribution in [2.24, 2.45) is 0 Å². The number of fused-ring (bicyclic) bond motifs is 1. The maximum absolute atomic E-state index is 12.3. The fourth-order valence-corrected chi connectivity index (χ4v) is 3.15. The van der Waals surface area contributed by atoms with Gasteiger partial charge in [0.2, 0.25) is 5.52 Å². The number of benzene rings is 2. The second-order valence-corrected chi connectivity index (χ2v) is 5.27. The minimum atomic E-state index is 0.613. The van der Waals surface area contributed by atoms with Crippen LogP contribution in [0.3, 0.4) is 0 Å². The number of thiazole rings is 1. The fraction of sp³-hybridized carbons (Fsp3) is 0.133. The summed E-state index contributed by atoms with van der Waals surface area (Å²) in [5.41, 5.74) is 1.50. The summed E-state index contributed by atoms with van der Waals surface area (Å²) < 4.78 is 12.4. The summed E-state index contributed by atoms with van der Waals surface area (Å²) in [6.45, 7) is 0. The van der Waals surface area contributed by atoms with Gasteiger partial charge in [0.1, 0.15) is 4.70 Å². The zero-order valence-corrected chi connectivity index (χ0v) is 11.9. The Balaban J connectivity index is 2.18. The van der Waals surface area contributed by atoms with E-state index in [0.717, 1.165) is 15.0 Å². The number of aromatic nitrogens is 1. The predicted octanol–water partition coefficient (Wildman–Crippen LogP) is 3.22. The Labute approximate surface area is 120 Å². The van der Waals surface area contributed by atoms with Crippen molar-refractivity contribution in [3.8, 4) is 22.1 Å². The number of ether oxygens (including phenoxy) is 2. The maximum Gasteiger partial charge on any atom is 0.281 e. The van der Waals surface area contributed by atoms with Gasteiger partial charge < -0.3 is 14.7 Å². The van der Waals surface area contributed by atoms with E-state index in [1.54, 1.807) is 20.3 Å². The molecule has 0 aliphatic heterocycles. The van der Waals surface area contributed by atoms with Crippen LogP contribution in [0.25, 0.3) is 20.8 Å². The van der Waals surface area contributed by atoms with E-state index in [1.807, 2.05) is 36.4 Å². The third-order valence-electron chi connectivity index (χ3n) is 3.11. The number of nitrogens with zero attached hydrogens (tertiary/aromatic N) is 1. The van der Waals surface area contributed by atoms with Gasteiger partial charge in [0.25, 0.3) is 5.01 Å². The van der Waals surface area contributed by atoms with E-state index in [1.165, 1.54) is 11.3 Å². The van der Waals surface area contributed by atoms with Crippen molar-refractivity contribution in [3.63, 3.8) is 0 Å². The molecule has 1 heterocycles. The molecule has 5 heteroatoms. The summed E-state index contributed by atoms with van der Waals surface area (Å²) in [5, 5.41) is 13.0. The third-order valence-corrected chi connectivity index (χ3v) is 4.27. The highest BCUT2D eigenvalue weighted by Crippen LogP contribution is 2.34. The molecule has 0 unspecified atom stereocenters. The van der Waals surface area contributed by atoms with E-state index < -0.39 is 0 Å². The van der Waals surface area contributed by atoms with Gasteiger partial charge >= 0.3 is 0 Å². The predicted molar refractivity (Wildman–Crippen MR) is 79.3 cm³/mol. The van der Waals surface area contributed by atoms with Crippen molar-refractivity contribution in [1.29, 1.82) is 0 Å². The molecule has 3 rings (SSSR count). The molecule has 0 fully saturated rings. The summed E-state index contributed by atoms with van der Waals surface area (Å²) in [6, 6.07) is 13.0. The highest BCUT2D eigenvalue weighted by atomic mass is 32.1. The number of methoxy groups -OCH3 is 2. The van der Waals surface area contributed by atoms with E-state index in [-0.39, 0.29) is 0 Å². The first kappa shape index (κ1) is 12.7. The topological polar surface area (TPSA) is 45.4 Å². The van der Waals surface area contributed by atoms with Crippen LogP contribution in [0.1, 0.15) is 0 Å². The van der Waals surface area contributed by atoms with Crippen LogP contribution in [0.4, 0.5) is 0 Å². The molecule has 3 aromatic rings. The Morgan fingerprint density at radius 3 is 2.45 bits per heavy atom. The highest BCUT2D eigenvalue weighted by Gasteiger charge is 2.18. The molecule has 0 radical (unpaired) electrons. The van der Waals surface area contributed by atoms with Crippen LogP contribution in [0.15, 0.2) is 42.5 Å². The van der Waals surface area contributed by atoms with Crippen LogP contribution in [0.5, 0.6) is 11.5 Å². The molecule has 4 nitrogen and oxygen atoms in total. The zero-order valence-electron chi connectivity index (χ0n) is 11.1. The quantitative estimate of drug-likeness (QED) is 0.549. The fourth-order valence-electron chi connectivity index (χ4n) is 2.11. The second kappa shape index (κ2) is 5.02. The molecular formula is C15H13NO3S. The van der Waals surface area contributed by atoms with Gasteiger partial charge in [-0.05, 0) is 24.3 Å². The largest absolute Gasteiger partial charge is 0.617 e. The van der Waals surface area contributed by atoms with Crippen molar-refractivity contribution >= 4 is 21.6 Å². The van der Waals surface area contributed by atoms with E-state index >= 15 is 0 Å². The summed E-state index contributed by atoms with van der Waals surface area (Å²) in [4.78, 5) is 0. The molecule has 0 aliphatic rings. The van der Waals surface area contributed by atoms with Gasteiger partial charge in [0.05, 0.1) is 19.8 Å². The summed E-state index contributed by atoms with van der Waals surface area (Å²) in [6.07, 6.45) is 0. The molecule has 0 bridgehead atoms. The Hall–Kier alpha value is -2.27. The van der Waals surface area contributed by atoms with Crippen LogP contribution < -0.4 is 14.2 Å². The zero-order chi connectivity index (χ0) is 14.1. The lowest BCUT2D eigenvalue weighted by molar-refractivity contribution is -0.560. The van der Waals surface area contributed by atoms with E-state index in [9.17, 15) is 5.21 Å². The van der Waals surface area contributed by atoms with E-state index in [0.29, 0.717) is 22.0 Å². The van der Waals surface area contributed by atoms with Crippen molar-refractivity contribution in [2.75, 3.05) is 14.2 Å². The lowest BCUT2D eigenvalue weighted by atomic mass is 10.2. The molecule has 2 aromatic carbocycles. The average molecular weight is 287 g/mol. The number of rotatable bonds is 3. The smallest absolute Gasteiger partial charge is 0.281 e. The summed E-state index contributed by atoms with van der Waals surface area (Å²) in [7, 11) is 3.17. The maximum atomic E-state index is 12.3. The minimum absolute atomic E-state index is 0.613. The van der Waals surface area contributed by atoms with Crippen LogP contribution in [-0.2, 0) is 0 Å². The Kier molecular flexibility index (Phi) is 3.20. The SMILES string of the molecule is COc1ccc(-c2sc3ccccc3[n+]2[O-])cc1OC. The Bertz CT molecular complexity index is 767. The summed E-state index contributed by atoms with van der Waals surface area (Å²) in [5.74, 6) is 1.26. The monoisotopic (exact) mass is 287 g/mol. The van der Waals surface area contributed by atoms with Crippen molar-refractivity contribution in [1.82, 2.24) is 0 Å². The molecule has 0 N–H and O–H groups in total. The van der Waals surface area contributed by atoms with E-state index in [4.69, 9.17) is 9.47 Å². The minimum Gasteiger partial charge on any atom is -0.617 e. The van der Waals surface area contributed by atoms with Crippen molar-refractivity contribution < 1.29 is 14.2 Å². The Morgan fingerprint density at radius 2 is 1.75 bits per heavy atom. The van der Waals surface area contributed by atoms with Gasteiger partial charge in [-0.15, -0.1) is 0 Å². The molecule has 1 aromatic heterocycles. The van der Waals surface area contributed by atoms with Crippen molar-refractivity contribution in [2.45, 2.75) is 0 Å². The highest BCUT2D eigenvalue weighted by molar-refractivity contribution is 7.21. The summed E-state index contributed by atoms with van der Waals surface area (Å²) >= 11 is 1.46. The molecule has 0 saturated heterocycles. The molecular weight excluding hydrogens is 274 g/mol. The second-order valence-electron chi connectivity index (χ2n) is 4.24. The lowest BCUT2D eigenvalue weighted by Crippen LogP contribution is -2.26. The van der Waals surface area contributed by atoms with Gasteiger partial charge in [-0.2, -0.15) is 4.73 Å². The Morgan fingerprint density at radius 1 is 1.00 bits per heavy atom. The number of para-hydroxylation sites is 1. The normalized spacial score (nSPS) is 10.7. The lowest BCUT2D eigenvalue weighted by Gasteiger charge is -2.08. The molecule has 102 valence electrons. The first-order chi connectivity index (χ1) is 9.74. The van der Waals surface area contributed by atoms with Gasteiger partial charge in [0.15, 0.2) is 11.5 Å². The van der Waals surface area contributed by atoms with Gasteiger partial charge in [-0.1, -0.05) is 23.5 Å². The van der Waals surface area contributed by atoms with Gasteiger partial charge in [-0.25, -0.2) is 0 Å². The number of hydrogen-bond donors (Lipinski definition) is 0.